The van der Waals surface area contributed by atoms with Crippen molar-refractivity contribution in [3.05, 3.63) is 72.8 Å². The highest BCUT2D eigenvalue weighted by Crippen LogP contribution is 2.26. The van der Waals surface area contributed by atoms with Crippen molar-refractivity contribution >= 4 is 11.9 Å². The molecule has 2 unspecified atom stereocenters. The second-order valence-electron chi connectivity index (χ2n) is 7.66. The molecule has 176 valence electrons. The van der Waals surface area contributed by atoms with E-state index >= 15 is 0 Å². The standard InChI is InChI=1S/C26H30O7/c1-17(2)25(27)31-19(5)15-29-21-7-11-23(12-8-21)33-24-13-9-22(10-14-24)30-16-20(6)32-26(28)18(3)4/h7-14,19-20H,1,3,15-16H2,2,4-6H3. The second-order valence-corrected chi connectivity index (χ2v) is 7.66. The summed E-state index contributed by atoms with van der Waals surface area (Å²) in [5.74, 6) is 1.66. The third-order valence-electron chi connectivity index (χ3n) is 4.17. The minimum atomic E-state index is -0.438. The lowest BCUT2D eigenvalue weighted by molar-refractivity contribution is -0.145. The molecule has 0 spiro atoms. The highest BCUT2D eigenvalue weighted by atomic mass is 16.6. The van der Waals surface area contributed by atoms with Crippen molar-refractivity contribution in [3.63, 3.8) is 0 Å². The summed E-state index contributed by atoms with van der Waals surface area (Å²) in [6, 6.07) is 14.2. The van der Waals surface area contributed by atoms with Crippen LogP contribution in [0.5, 0.6) is 23.0 Å². The molecule has 0 saturated carbocycles. The molecule has 2 aromatic carbocycles. The van der Waals surface area contributed by atoms with Gasteiger partial charge in [0, 0.05) is 11.1 Å². The number of hydrogen-bond donors (Lipinski definition) is 0. The first-order valence-corrected chi connectivity index (χ1v) is 10.5. The van der Waals surface area contributed by atoms with Gasteiger partial charge in [0.1, 0.15) is 48.4 Å². The molecule has 0 aliphatic rings. The zero-order valence-corrected chi connectivity index (χ0v) is 19.5. The van der Waals surface area contributed by atoms with E-state index in [-0.39, 0.29) is 13.2 Å². The maximum Gasteiger partial charge on any atom is 0.333 e. The van der Waals surface area contributed by atoms with Crippen LogP contribution >= 0.6 is 0 Å². The lowest BCUT2D eigenvalue weighted by atomic mass is 10.3. The Morgan fingerprint density at radius 3 is 1.27 bits per heavy atom. The van der Waals surface area contributed by atoms with E-state index in [0.29, 0.717) is 34.1 Å². The van der Waals surface area contributed by atoms with Crippen molar-refractivity contribution in [2.45, 2.75) is 39.9 Å². The van der Waals surface area contributed by atoms with Gasteiger partial charge in [0.2, 0.25) is 0 Å². The third-order valence-corrected chi connectivity index (χ3v) is 4.17. The van der Waals surface area contributed by atoms with Crippen LogP contribution in [-0.2, 0) is 19.1 Å². The first-order valence-electron chi connectivity index (χ1n) is 10.5. The maximum atomic E-state index is 11.5. The van der Waals surface area contributed by atoms with Crippen LogP contribution in [0.2, 0.25) is 0 Å². The summed E-state index contributed by atoms with van der Waals surface area (Å²) in [5.41, 5.74) is 0.697. The van der Waals surface area contributed by atoms with Gasteiger partial charge in [-0.1, -0.05) is 13.2 Å². The molecule has 0 radical (unpaired) electrons. The normalized spacial score (nSPS) is 12.1. The smallest absolute Gasteiger partial charge is 0.333 e. The molecule has 0 aliphatic heterocycles. The van der Waals surface area contributed by atoms with Crippen LogP contribution in [0.3, 0.4) is 0 Å². The first kappa shape index (κ1) is 25.5. The Morgan fingerprint density at radius 2 is 0.970 bits per heavy atom. The second kappa shape index (κ2) is 12.3. The molecule has 0 bridgehead atoms. The fourth-order valence-corrected chi connectivity index (χ4v) is 2.41. The van der Waals surface area contributed by atoms with Gasteiger partial charge in [-0.3, -0.25) is 0 Å². The van der Waals surface area contributed by atoms with Gasteiger partial charge < -0.3 is 23.7 Å². The van der Waals surface area contributed by atoms with E-state index in [0.717, 1.165) is 0 Å². The van der Waals surface area contributed by atoms with E-state index < -0.39 is 24.1 Å². The summed E-state index contributed by atoms with van der Waals surface area (Å²) in [6.45, 7) is 14.3. The van der Waals surface area contributed by atoms with E-state index in [1.807, 2.05) is 0 Å². The van der Waals surface area contributed by atoms with Crippen molar-refractivity contribution in [2.24, 2.45) is 0 Å². The molecule has 0 aromatic heterocycles. The molecule has 7 nitrogen and oxygen atoms in total. The number of benzene rings is 2. The van der Waals surface area contributed by atoms with Crippen LogP contribution in [0.1, 0.15) is 27.7 Å². The number of carbonyl (C=O) groups excluding carboxylic acids is 2. The largest absolute Gasteiger partial charge is 0.490 e. The van der Waals surface area contributed by atoms with Crippen LogP contribution in [0.15, 0.2) is 72.8 Å². The molecule has 0 heterocycles. The lowest BCUT2D eigenvalue weighted by Gasteiger charge is -2.15. The van der Waals surface area contributed by atoms with E-state index in [1.54, 1.807) is 76.2 Å². The summed E-state index contributed by atoms with van der Waals surface area (Å²) < 4.78 is 27.5. The molecule has 2 atom stereocenters. The Labute approximate surface area is 194 Å². The SMILES string of the molecule is C=C(C)C(=O)OC(C)COc1ccc(Oc2ccc(OCC(C)OC(=O)C(=C)C)cc2)cc1. The van der Waals surface area contributed by atoms with E-state index in [4.69, 9.17) is 23.7 Å². The van der Waals surface area contributed by atoms with Crippen molar-refractivity contribution < 1.29 is 33.3 Å². The number of rotatable bonds is 12. The Kier molecular flexibility index (Phi) is 9.54. The van der Waals surface area contributed by atoms with Crippen molar-refractivity contribution in [1.29, 1.82) is 0 Å². The molecular formula is C26H30O7. The molecular weight excluding hydrogens is 424 g/mol. The summed E-state index contributed by atoms with van der Waals surface area (Å²) in [6.07, 6.45) is -0.793. The fourth-order valence-electron chi connectivity index (χ4n) is 2.41. The fraction of sp³-hybridized carbons (Fsp3) is 0.308. The molecule has 2 rings (SSSR count). The Balaban J connectivity index is 1.79. The summed E-state index contributed by atoms with van der Waals surface area (Å²) in [4.78, 5) is 23.0. The molecule has 2 aromatic rings. The van der Waals surface area contributed by atoms with E-state index in [9.17, 15) is 9.59 Å². The number of ether oxygens (including phenoxy) is 5. The molecule has 0 fully saturated rings. The van der Waals surface area contributed by atoms with Gasteiger partial charge in [-0.15, -0.1) is 0 Å². The topological polar surface area (TPSA) is 80.3 Å². The average Bonchev–Trinajstić information content (AvgIpc) is 2.78. The van der Waals surface area contributed by atoms with Crippen molar-refractivity contribution in [2.75, 3.05) is 13.2 Å². The van der Waals surface area contributed by atoms with Gasteiger partial charge in [-0.2, -0.15) is 0 Å². The van der Waals surface area contributed by atoms with Crippen LogP contribution in [0.4, 0.5) is 0 Å². The molecule has 7 heteroatoms. The predicted molar refractivity (Wildman–Crippen MR) is 125 cm³/mol. The molecule has 0 N–H and O–H groups in total. The third kappa shape index (κ3) is 9.11. The van der Waals surface area contributed by atoms with Crippen LogP contribution in [-0.4, -0.2) is 37.4 Å². The Hall–Kier alpha value is -3.74. The van der Waals surface area contributed by atoms with Gasteiger partial charge in [-0.25, -0.2) is 9.59 Å². The van der Waals surface area contributed by atoms with Crippen LogP contribution < -0.4 is 14.2 Å². The number of esters is 2. The van der Waals surface area contributed by atoms with Gasteiger partial charge in [0.25, 0.3) is 0 Å². The highest BCUT2D eigenvalue weighted by molar-refractivity contribution is 5.87. The summed E-state index contributed by atoms with van der Waals surface area (Å²) in [5, 5.41) is 0. The number of carbonyl (C=O) groups is 2. The van der Waals surface area contributed by atoms with E-state index in [2.05, 4.69) is 13.2 Å². The number of hydrogen-bond acceptors (Lipinski definition) is 7. The molecule has 0 saturated heterocycles. The molecule has 33 heavy (non-hydrogen) atoms. The van der Waals surface area contributed by atoms with Crippen LogP contribution in [0.25, 0.3) is 0 Å². The van der Waals surface area contributed by atoms with Gasteiger partial charge in [0.05, 0.1) is 0 Å². The lowest BCUT2D eigenvalue weighted by Crippen LogP contribution is -2.22. The predicted octanol–water partition coefficient (Wildman–Crippen LogP) is 5.25. The van der Waals surface area contributed by atoms with Crippen LogP contribution in [0, 0.1) is 0 Å². The highest BCUT2D eigenvalue weighted by Gasteiger charge is 2.12. The minimum Gasteiger partial charge on any atom is -0.490 e. The Bertz CT molecular complexity index is 882. The maximum absolute atomic E-state index is 11.5. The summed E-state index contributed by atoms with van der Waals surface area (Å²) in [7, 11) is 0. The minimum absolute atomic E-state index is 0.228. The van der Waals surface area contributed by atoms with E-state index in [1.165, 1.54) is 0 Å². The first-order chi connectivity index (χ1) is 15.6. The Morgan fingerprint density at radius 1 is 0.667 bits per heavy atom. The van der Waals surface area contributed by atoms with Gasteiger partial charge in [-0.05, 0) is 76.2 Å². The molecule has 0 amide bonds. The average molecular weight is 455 g/mol. The zero-order valence-electron chi connectivity index (χ0n) is 19.5. The monoisotopic (exact) mass is 454 g/mol. The van der Waals surface area contributed by atoms with Gasteiger partial charge >= 0.3 is 11.9 Å². The van der Waals surface area contributed by atoms with Crippen molar-refractivity contribution in [1.82, 2.24) is 0 Å². The quantitative estimate of drug-likeness (QED) is 0.320. The van der Waals surface area contributed by atoms with Gasteiger partial charge in [0.15, 0.2) is 0 Å². The molecule has 0 aliphatic carbocycles. The summed E-state index contributed by atoms with van der Waals surface area (Å²) >= 11 is 0. The zero-order chi connectivity index (χ0) is 24.4. The van der Waals surface area contributed by atoms with Crippen molar-refractivity contribution in [3.8, 4) is 23.0 Å².